The second kappa shape index (κ2) is 10.1. The number of nitrogens with one attached hydrogen (secondary N) is 2. The van der Waals surface area contributed by atoms with Crippen LogP contribution in [0.5, 0.6) is 0 Å². The molecule has 7 heteroatoms. The Hall–Kier alpha value is -2.54. The molecule has 3 aromatic rings. The van der Waals surface area contributed by atoms with Gasteiger partial charge in [-0.25, -0.2) is 9.97 Å². The number of amides is 1. The van der Waals surface area contributed by atoms with E-state index < -0.39 is 0 Å². The van der Waals surface area contributed by atoms with E-state index in [2.05, 4.69) is 22.5 Å². The summed E-state index contributed by atoms with van der Waals surface area (Å²) in [7, 11) is 0. The van der Waals surface area contributed by atoms with Crippen LogP contribution in [0.1, 0.15) is 38.9 Å². The third-order valence-electron chi connectivity index (χ3n) is 4.33. The van der Waals surface area contributed by atoms with E-state index in [0.717, 1.165) is 41.9 Å². The molecule has 148 valence electrons. The fourth-order valence-corrected chi connectivity index (χ4v) is 3.68. The van der Waals surface area contributed by atoms with Gasteiger partial charge in [0.2, 0.25) is 5.91 Å². The third-order valence-corrected chi connectivity index (χ3v) is 5.56. The van der Waals surface area contributed by atoms with Gasteiger partial charge in [-0.2, -0.15) is 0 Å². The summed E-state index contributed by atoms with van der Waals surface area (Å²) in [5.41, 5.74) is 0.879. The second-order valence-electron chi connectivity index (χ2n) is 6.46. The predicted molar refractivity (Wildman–Crippen MR) is 113 cm³/mol. The number of aromatic nitrogens is 2. The standard InChI is InChI=1S/C21H26N4O2S/c1-3-5-12-22-19-16-10-6-7-11-17(16)24-21(25-19)28-18(4-2)20(26)23-14-15-9-8-13-27-15/h6-11,13,18H,3-5,12,14H2,1-2H3,(H,23,26)(H,22,24,25). The van der Waals surface area contributed by atoms with Gasteiger partial charge in [0.05, 0.1) is 23.6 Å². The molecule has 3 rings (SSSR count). The van der Waals surface area contributed by atoms with Gasteiger partial charge >= 0.3 is 0 Å². The topological polar surface area (TPSA) is 80.0 Å². The summed E-state index contributed by atoms with van der Waals surface area (Å²) in [5.74, 6) is 1.52. The predicted octanol–water partition coefficient (Wildman–Crippen LogP) is 4.62. The summed E-state index contributed by atoms with van der Waals surface area (Å²) < 4.78 is 5.27. The monoisotopic (exact) mass is 398 g/mol. The molecule has 0 radical (unpaired) electrons. The molecule has 28 heavy (non-hydrogen) atoms. The third kappa shape index (κ3) is 5.25. The van der Waals surface area contributed by atoms with E-state index in [-0.39, 0.29) is 11.2 Å². The zero-order valence-electron chi connectivity index (χ0n) is 16.3. The number of carbonyl (C=O) groups is 1. The number of thioether (sulfide) groups is 1. The van der Waals surface area contributed by atoms with E-state index in [9.17, 15) is 4.79 Å². The number of para-hydroxylation sites is 1. The summed E-state index contributed by atoms with van der Waals surface area (Å²) in [4.78, 5) is 21.9. The van der Waals surface area contributed by atoms with Crippen molar-refractivity contribution in [2.24, 2.45) is 0 Å². The lowest BCUT2D eigenvalue weighted by atomic mass is 10.2. The van der Waals surface area contributed by atoms with Crippen LogP contribution in [0, 0.1) is 0 Å². The van der Waals surface area contributed by atoms with Crippen LogP contribution in [0.4, 0.5) is 5.82 Å². The Morgan fingerprint density at radius 2 is 2.04 bits per heavy atom. The molecule has 0 aliphatic heterocycles. The largest absolute Gasteiger partial charge is 0.467 e. The highest BCUT2D eigenvalue weighted by Gasteiger charge is 2.20. The number of hydrogen-bond acceptors (Lipinski definition) is 6. The number of carbonyl (C=O) groups excluding carboxylic acids is 1. The SMILES string of the molecule is CCCCNc1nc(SC(CC)C(=O)NCc2ccco2)nc2ccccc12. The van der Waals surface area contributed by atoms with Crippen LogP contribution in [-0.2, 0) is 11.3 Å². The normalized spacial score (nSPS) is 12.1. The minimum Gasteiger partial charge on any atom is -0.467 e. The zero-order chi connectivity index (χ0) is 19.8. The maximum absolute atomic E-state index is 12.6. The van der Waals surface area contributed by atoms with Crippen molar-refractivity contribution in [2.75, 3.05) is 11.9 Å². The van der Waals surface area contributed by atoms with E-state index in [1.165, 1.54) is 11.8 Å². The Balaban J connectivity index is 1.74. The van der Waals surface area contributed by atoms with Gasteiger partial charge in [-0.15, -0.1) is 0 Å². The van der Waals surface area contributed by atoms with Crippen molar-refractivity contribution in [3.63, 3.8) is 0 Å². The van der Waals surface area contributed by atoms with Crippen molar-refractivity contribution in [3.8, 4) is 0 Å². The highest BCUT2D eigenvalue weighted by atomic mass is 32.2. The van der Waals surface area contributed by atoms with Crippen molar-refractivity contribution >= 4 is 34.4 Å². The molecule has 0 saturated carbocycles. The Kier molecular flexibility index (Phi) is 7.31. The van der Waals surface area contributed by atoms with E-state index in [4.69, 9.17) is 9.40 Å². The first-order valence-corrected chi connectivity index (χ1v) is 10.6. The molecule has 1 aromatic carbocycles. The number of rotatable bonds is 10. The molecule has 0 fully saturated rings. The maximum Gasteiger partial charge on any atom is 0.233 e. The lowest BCUT2D eigenvalue weighted by Gasteiger charge is -2.15. The molecule has 1 unspecified atom stereocenters. The molecule has 0 aliphatic rings. The van der Waals surface area contributed by atoms with Crippen LogP contribution < -0.4 is 10.6 Å². The molecule has 1 atom stereocenters. The summed E-state index contributed by atoms with van der Waals surface area (Å²) >= 11 is 1.40. The first-order chi connectivity index (χ1) is 13.7. The number of furan rings is 1. The molecule has 0 saturated heterocycles. The second-order valence-corrected chi connectivity index (χ2v) is 7.63. The highest BCUT2D eigenvalue weighted by Crippen LogP contribution is 2.28. The Morgan fingerprint density at radius 1 is 1.18 bits per heavy atom. The van der Waals surface area contributed by atoms with Crippen LogP contribution in [0.2, 0.25) is 0 Å². The fraction of sp³-hybridized carbons (Fsp3) is 0.381. The maximum atomic E-state index is 12.6. The average molecular weight is 399 g/mol. The molecule has 0 bridgehead atoms. The Bertz CT molecular complexity index is 899. The molecule has 2 heterocycles. The van der Waals surface area contributed by atoms with Crippen molar-refractivity contribution < 1.29 is 9.21 Å². The quantitative estimate of drug-likeness (QED) is 0.295. The lowest BCUT2D eigenvalue weighted by Crippen LogP contribution is -2.31. The Morgan fingerprint density at radius 3 is 2.79 bits per heavy atom. The molecule has 1 amide bonds. The smallest absolute Gasteiger partial charge is 0.233 e. The molecule has 0 aliphatic carbocycles. The number of nitrogens with zero attached hydrogens (tertiary/aromatic N) is 2. The van der Waals surface area contributed by atoms with Crippen LogP contribution in [0.25, 0.3) is 10.9 Å². The van der Waals surface area contributed by atoms with E-state index in [1.54, 1.807) is 6.26 Å². The first kappa shape index (κ1) is 20.2. The average Bonchev–Trinajstić information content (AvgIpc) is 3.24. The van der Waals surface area contributed by atoms with Gasteiger partial charge in [0.1, 0.15) is 11.6 Å². The number of anilines is 1. The first-order valence-electron chi connectivity index (χ1n) is 9.68. The lowest BCUT2D eigenvalue weighted by molar-refractivity contribution is -0.120. The minimum absolute atomic E-state index is 0.0406. The summed E-state index contributed by atoms with van der Waals surface area (Å²) in [6.45, 7) is 5.40. The molecule has 2 N–H and O–H groups in total. The van der Waals surface area contributed by atoms with Crippen molar-refractivity contribution in [1.82, 2.24) is 15.3 Å². The van der Waals surface area contributed by atoms with Crippen molar-refractivity contribution in [3.05, 3.63) is 48.4 Å². The number of benzene rings is 1. The van der Waals surface area contributed by atoms with Crippen molar-refractivity contribution in [2.45, 2.75) is 50.1 Å². The van der Waals surface area contributed by atoms with Gasteiger partial charge in [-0.1, -0.05) is 44.2 Å². The summed E-state index contributed by atoms with van der Waals surface area (Å²) in [6.07, 6.45) is 4.48. The van der Waals surface area contributed by atoms with Gasteiger partial charge in [0.25, 0.3) is 0 Å². The number of fused-ring (bicyclic) bond motifs is 1. The van der Waals surface area contributed by atoms with Crippen LogP contribution in [-0.4, -0.2) is 27.7 Å². The van der Waals surface area contributed by atoms with Gasteiger partial charge < -0.3 is 15.1 Å². The van der Waals surface area contributed by atoms with Crippen LogP contribution >= 0.6 is 11.8 Å². The van der Waals surface area contributed by atoms with E-state index in [1.807, 2.05) is 43.3 Å². The van der Waals surface area contributed by atoms with E-state index in [0.29, 0.717) is 18.1 Å². The summed E-state index contributed by atoms with van der Waals surface area (Å²) in [6, 6.07) is 11.6. The summed E-state index contributed by atoms with van der Waals surface area (Å²) in [5, 5.41) is 7.68. The number of hydrogen-bond donors (Lipinski definition) is 2. The minimum atomic E-state index is -0.264. The molecule has 0 spiro atoms. The van der Waals surface area contributed by atoms with Crippen LogP contribution in [0.15, 0.2) is 52.2 Å². The van der Waals surface area contributed by atoms with Crippen LogP contribution in [0.3, 0.4) is 0 Å². The van der Waals surface area contributed by atoms with Crippen molar-refractivity contribution in [1.29, 1.82) is 0 Å². The molecular weight excluding hydrogens is 372 g/mol. The highest BCUT2D eigenvalue weighted by molar-refractivity contribution is 8.00. The molecular formula is C21H26N4O2S. The van der Waals surface area contributed by atoms with Gasteiger partial charge in [-0.3, -0.25) is 4.79 Å². The van der Waals surface area contributed by atoms with Gasteiger partial charge in [0, 0.05) is 11.9 Å². The molecule has 2 aromatic heterocycles. The zero-order valence-corrected chi connectivity index (χ0v) is 17.1. The van der Waals surface area contributed by atoms with Gasteiger partial charge in [-0.05, 0) is 37.1 Å². The molecule has 6 nitrogen and oxygen atoms in total. The Labute approximate surface area is 169 Å². The number of unbranched alkanes of at least 4 members (excludes halogenated alkanes) is 1. The fourth-order valence-electron chi connectivity index (χ4n) is 2.78. The van der Waals surface area contributed by atoms with Gasteiger partial charge in [0.15, 0.2) is 5.16 Å². The van der Waals surface area contributed by atoms with E-state index >= 15 is 0 Å².